The molecule has 28 heavy (non-hydrogen) atoms. The van der Waals surface area contributed by atoms with E-state index in [4.69, 9.17) is 0 Å². The van der Waals surface area contributed by atoms with Gasteiger partial charge in [0.05, 0.1) is 0 Å². The Bertz CT molecular complexity index is 748. The Balaban J connectivity index is 2.02. The Labute approximate surface area is 171 Å². The second kappa shape index (κ2) is 11.0. The second-order valence-corrected chi connectivity index (χ2v) is 8.03. The molecule has 0 aromatic heterocycles. The number of Topliss-reactive ketones (excluding diaryl/α,β-unsaturated/α-hetero) is 1. The molecule has 0 spiro atoms. The zero-order valence-electron chi connectivity index (χ0n) is 16.9. The van der Waals surface area contributed by atoms with Crippen LogP contribution in [-0.2, 0) is 9.59 Å². The lowest BCUT2D eigenvalue weighted by Crippen LogP contribution is -2.34. The smallest absolute Gasteiger partial charge is 0.242 e. The van der Waals surface area contributed by atoms with Crippen LogP contribution >= 0.6 is 11.8 Å². The molecule has 1 atom stereocenters. The maximum atomic E-state index is 12.8. The summed E-state index contributed by atoms with van der Waals surface area (Å²) in [4.78, 5) is 43.1. The minimum absolute atomic E-state index is 0.0404. The van der Waals surface area contributed by atoms with E-state index in [0.29, 0.717) is 24.3 Å². The van der Waals surface area contributed by atoms with Crippen molar-refractivity contribution in [3.8, 4) is 0 Å². The van der Waals surface area contributed by atoms with E-state index in [2.05, 4.69) is 24.2 Å². The van der Waals surface area contributed by atoms with Gasteiger partial charge in [0.15, 0.2) is 11.0 Å². The lowest BCUT2D eigenvalue weighted by Gasteiger charge is -2.16. The van der Waals surface area contributed by atoms with Gasteiger partial charge in [0, 0.05) is 30.8 Å². The molecule has 7 heteroatoms. The van der Waals surface area contributed by atoms with E-state index < -0.39 is 5.25 Å². The first-order chi connectivity index (χ1) is 13.5. The number of amides is 2. The van der Waals surface area contributed by atoms with Crippen molar-refractivity contribution in [2.24, 2.45) is 4.99 Å². The number of rotatable bonds is 10. The third-order valence-electron chi connectivity index (χ3n) is 4.44. The van der Waals surface area contributed by atoms with Gasteiger partial charge < -0.3 is 5.32 Å². The molecule has 0 radical (unpaired) electrons. The highest BCUT2D eigenvalue weighted by molar-refractivity contribution is 8.15. The summed E-state index contributed by atoms with van der Waals surface area (Å²) in [5, 5.41) is 3.08. The largest absolute Gasteiger partial charge is 0.326 e. The zero-order chi connectivity index (χ0) is 20.5. The van der Waals surface area contributed by atoms with Gasteiger partial charge in [-0.3, -0.25) is 24.3 Å². The van der Waals surface area contributed by atoms with Crippen molar-refractivity contribution in [2.45, 2.75) is 58.1 Å². The molecule has 1 unspecified atom stereocenters. The minimum atomic E-state index is -0.451. The van der Waals surface area contributed by atoms with Crippen LogP contribution < -0.4 is 5.32 Å². The molecule has 0 aliphatic carbocycles. The van der Waals surface area contributed by atoms with E-state index in [9.17, 15) is 14.4 Å². The van der Waals surface area contributed by atoms with Crippen molar-refractivity contribution in [1.82, 2.24) is 4.90 Å². The van der Waals surface area contributed by atoms with Crippen molar-refractivity contribution < 1.29 is 14.4 Å². The average Bonchev–Trinajstić information content (AvgIpc) is 2.95. The average molecular weight is 404 g/mol. The highest BCUT2D eigenvalue weighted by Crippen LogP contribution is 2.30. The van der Waals surface area contributed by atoms with Gasteiger partial charge in [0.25, 0.3) is 0 Å². The molecule has 1 fully saturated rings. The van der Waals surface area contributed by atoms with Crippen LogP contribution in [0.1, 0.15) is 63.2 Å². The fraction of sp³-hybridized carbons (Fsp3) is 0.524. The third kappa shape index (κ3) is 6.19. The van der Waals surface area contributed by atoms with E-state index in [1.165, 1.54) is 18.7 Å². The molecule has 6 nitrogen and oxygen atoms in total. The number of benzene rings is 1. The van der Waals surface area contributed by atoms with E-state index in [0.717, 1.165) is 30.9 Å². The number of anilines is 1. The highest BCUT2D eigenvalue weighted by Gasteiger charge is 2.38. The Morgan fingerprint density at radius 3 is 2.64 bits per heavy atom. The van der Waals surface area contributed by atoms with Crippen molar-refractivity contribution in [1.29, 1.82) is 0 Å². The molecule has 1 aromatic carbocycles. The second-order valence-electron chi connectivity index (χ2n) is 6.86. The Kier molecular flexibility index (Phi) is 8.70. The molecule has 1 heterocycles. The number of unbranched alkanes of at least 4 members (excludes halogenated alkanes) is 2. The van der Waals surface area contributed by atoms with E-state index in [-0.39, 0.29) is 24.0 Å². The number of hydrogen-bond acceptors (Lipinski definition) is 5. The Morgan fingerprint density at radius 1 is 1.21 bits per heavy atom. The van der Waals surface area contributed by atoms with Gasteiger partial charge in [0.2, 0.25) is 11.8 Å². The number of hydrogen-bond donors (Lipinski definition) is 1. The first-order valence-electron chi connectivity index (χ1n) is 9.89. The van der Waals surface area contributed by atoms with E-state index >= 15 is 0 Å². The Hall–Kier alpha value is -2.15. The molecular formula is C21H29N3O3S. The van der Waals surface area contributed by atoms with Crippen LogP contribution in [0, 0.1) is 0 Å². The molecule has 2 rings (SSSR count). The van der Waals surface area contributed by atoms with Crippen molar-refractivity contribution in [3.63, 3.8) is 0 Å². The number of thioether (sulfide) groups is 1. The van der Waals surface area contributed by atoms with Gasteiger partial charge in [-0.2, -0.15) is 0 Å². The number of carbonyl (C=O) groups excluding carboxylic acids is 3. The summed E-state index contributed by atoms with van der Waals surface area (Å²) in [6.07, 6.45) is 4.03. The maximum Gasteiger partial charge on any atom is 0.242 e. The van der Waals surface area contributed by atoms with Crippen molar-refractivity contribution >= 4 is 40.2 Å². The zero-order valence-corrected chi connectivity index (χ0v) is 17.7. The number of ketones is 1. The van der Waals surface area contributed by atoms with Gasteiger partial charge in [0.1, 0.15) is 5.25 Å². The van der Waals surface area contributed by atoms with Crippen LogP contribution in [0.25, 0.3) is 0 Å². The van der Waals surface area contributed by atoms with Crippen LogP contribution in [0.4, 0.5) is 5.69 Å². The molecule has 1 aliphatic rings. The first-order valence-corrected chi connectivity index (χ1v) is 10.8. The lowest BCUT2D eigenvalue weighted by molar-refractivity contribution is -0.128. The fourth-order valence-electron chi connectivity index (χ4n) is 2.81. The highest BCUT2D eigenvalue weighted by atomic mass is 32.2. The number of carbonyl (C=O) groups is 3. The standard InChI is InChI=1S/C21H29N3O3S/c1-4-6-11-22-21-24(12-7-5-2)20(27)18(28-21)14-19(26)23-17-10-8-9-16(13-17)15(3)25/h8-10,13,18H,4-7,11-12,14H2,1-3H3,(H,23,26). The lowest BCUT2D eigenvalue weighted by atomic mass is 10.1. The molecule has 152 valence electrons. The van der Waals surface area contributed by atoms with Crippen LogP contribution in [0.5, 0.6) is 0 Å². The van der Waals surface area contributed by atoms with Gasteiger partial charge in [-0.1, -0.05) is 50.6 Å². The number of aliphatic imine (C=N–C) groups is 1. The molecule has 1 N–H and O–H groups in total. The normalized spacial score (nSPS) is 18.0. The van der Waals surface area contributed by atoms with Gasteiger partial charge in [-0.15, -0.1) is 0 Å². The first kappa shape index (κ1) is 22.1. The summed E-state index contributed by atoms with van der Waals surface area (Å²) in [6, 6.07) is 6.82. The summed E-state index contributed by atoms with van der Waals surface area (Å²) in [5.41, 5.74) is 1.10. The van der Waals surface area contributed by atoms with Gasteiger partial charge in [-0.05, 0) is 31.9 Å². The molecule has 1 aliphatic heterocycles. The monoisotopic (exact) mass is 403 g/mol. The quantitative estimate of drug-likeness (QED) is 0.471. The fourth-order valence-corrected chi connectivity index (χ4v) is 4.00. The SMILES string of the molecule is CCCCN=C1SC(CC(=O)Nc2cccc(C(C)=O)c2)C(=O)N1CCCC. The van der Waals surface area contributed by atoms with Gasteiger partial charge in [-0.25, -0.2) is 0 Å². The van der Waals surface area contributed by atoms with E-state index in [1.54, 1.807) is 29.2 Å². The summed E-state index contributed by atoms with van der Waals surface area (Å²) in [5.74, 6) is -0.338. The van der Waals surface area contributed by atoms with Crippen molar-refractivity contribution in [3.05, 3.63) is 29.8 Å². The predicted molar refractivity (Wildman–Crippen MR) is 115 cm³/mol. The predicted octanol–water partition coefficient (Wildman–Crippen LogP) is 4.12. The molecule has 1 saturated heterocycles. The summed E-state index contributed by atoms with van der Waals surface area (Å²) >= 11 is 1.39. The third-order valence-corrected chi connectivity index (χ3v) is 5.65. The van der Waals surface area contributed by atoms with Gasteiger partial charge >= 0.3 is 0 Å². The van der Waals surface area contributed by atoms with E-state index in [1.807, 2.05) is 0 Å². The summed E-state index contributed by atoms with van der Waals surface area (Å²) < 4.78 is 0. The summed E-state index contributed by atoms with van der Waals surface area (Å²) in [7, 11) is 0. The van der Waals surface area contributed by atoms with Crippen LogP contribution in [-0.4, -0.2) is 46.0 Å². The molecular weight excluding hydrogens is 374 g/mol. The maximum absolute atomic E-state index is 12.8. The van der Waals surface area contributed by atoms with Crippen LogP contribution in [0.15, 0.2) is 29.3 Å². The number of nitrogens with one attached hydrogen (secondary N) is 1. The van der Waals surface area contributed by atoms with Crippen LogP contribution in [0.2, 0.25) is 0 Å². The number of nitrogens with zero attached hydrogens (tertiary/aromatic N) is 2. The minimum Gasteiger partial charge on any atom is -0.326 e. The van der Waals surface area contributed by atoms with Crippen molar-refractivity contribution in [2.75, 3.05) is 18.4 Å². The topological polar surface area (TPSA) is 78.8 Å². The molecule has 0 bridgehead atoms. The number of amidine groups is 1. The Morgan fingerprint density at radius 2 is 1.96 bits per heavy atom. The molecule has 2 amide bonds. The summed E-state index contributed by atoms with van der Waals surface area (Å²) in [6.45, 7) is 7.02. The molecule has 0 saturated carbocycles. The van der Waals surface area contributed by atoms with Crippen LogP contribution in [0.3, 0.4) is 0 Å². The molecule has 1 aromatic rings.